The smallest absolute Gasteiger partial charge is 0.273 e. The molecule has 5 rings (SSSR count). The topological polar surface area (TPSA) is 52.9 Å². The predicted molar refractivity (Wildman–Crippen MR) is 141 cm³/mol. The molecule has 6 nitrogen and oxygen atoms in total. The number of aryl methyl sites for hydroxylation is 1. The first kappa shape index (κ1) is 23.5. The summed E-state index contributed by atoms with van der Waals surface area (Å²) in [6.07, 6.45) is 0. The summed E-state index contributed by atoms with van der Waals surface area (Å²) in [4.78, 5) is 18.8. The minimum atomic E-state index is -0.257. The molecule has 2 saturated heterocycles. The zero-order valence-electron chi connectivity index (χ0n) is 20.4. The van der Waals surface area contributed by atoms with Crippen molar-refractivity contribution in [3.8, 4) is 0 Å². The Morgan fingerprint density at radius 3 is 2.23 bits per heavy atom. The first-order valence-corrected chi connectivity index (χ1v) is 12.6. The molecule has 0 aromatic heterocycles. The molecule has 35 heavy (non-hydrogen) atoms. The van der Waals surface area contributed by atoms with Gasteiger partial charge in [-0.15, -0.1) is 0 Å². The summed E-state index contributed by atoms with van der Waals surface area (Å²) in [5.41, 5.74) is 4.99. The van der Waals surface area contributed by atoms with Gasteiger partial charge in [-0.2, -0.15) is 0 Å². The van der Waals surface area contributed by atoms with E-state index in [0.717, 1.165) is 51.4 Å². The second-order valence-electron chi connectivity index (χ2n) is 9.98. The summed E-state index contributed by atoms with van der Waals surface area (Å²) >= 11 is 0. The van der Waals surface area contributed by atoms with Gasteiger partial charge in [-0.3, -0.25) is 19.9 Å². The third kappa shape index (κ3) is 5.55. The van der Waals surface area contributed by atoms with Crippen molar-refractivity contribution in [3.63, 3.8) is 0 Å². The van der Waals surface area contributed by atoms with Crippen molar-refractivity contribution in [1.82, 2.24) is 9.80 Å². The quantitative estimate of drug-likeness (QED) is 0.362. The summed E-state index contributed by atoms with van der Waals surface area (Å²) in [5.74, 6) is 0.939. The van der Waals surface area contributed by atoms with E-state index in [9.17, 15) is 10.1 Å². The van der Waals surface area contributed by atoms with Crippen molar-refractivity contribution < 1.29 is 4.92 Å². The molecule has 0 saturated carbocycles. The van der Waals surface area contributed by atoms with Crippen LogP contribution in [0, 0.1) is 23.0 Å². The second-order valence-corrected chi connectivity index (χ2v) is 9.98. The van der Waals surface area contributed by atoms with E-state index in [1.807, 2.05) is 12.1 Å². The number of hydrogen-bond acceptors (Lipinski definition) is 5. The van der Waals surface area contributed by atoms with Crippen molar-refractivity contribution >= 4 is 11.4 Å². The number of anilines is 1. The van der Waals surface area contributed by atoms with Crippen LogP contribution in [0.4, 0.5) is 11.4 Å². The zero-order valence-corrected chi connectivity index (χ0v) is 20.4. The summed E-state index contributed by atoms with van der Waals surface area (Å²) in [7, 11) is 0. The highest BCUT2D eigenvalue weighted by atomic mass is 16.6. The molecule has 2 aliphatic rings. The van der Waals surface area contributed by atoms with E-state index in [4.69, 9.17) is 0 Å². The van der Waals surface area contributed by atoms with Gasteiger partial charge in [-0.1, -0.05) is 66.2 Å². The Bertz CT molecular complexity index is 1130. The van der Waals surface area contributed by atoms with Crippen molar-refractivity contribution in [2.24, 2.45) is 5.92 Å². The fourth-order valence-electron chi connectivity index (χ4n) is 5.69. The largest absolute Gasteiger partial charge is 0.369 e. The van der Waals surface area contributed by atoms with Gasteiger partial charge in [-0.25, -0.2) is 0 Å². The molecule has 0 radical (unpaired) electrons. The summed E-state index contributed by atoms with van der Waals surface area (Å²) in [6, 6.07) is 26.8. The number of para-hydroxylation sites is 2. The number of nitrogens with zero attached hydrogens (tertiary/aromatic N) is 4. The summed E-state index contributed by atoms with van der Waals surface area (Å²) in [5, 5.41) is 11.5. The summed E-state index contributed by atoms with van der Waals surface area (Å²) in [6.45, 7) is 9.94. The fraction of sp³-hybridized carbons (Fsp3) is 0.379. The van der Waals surface area contributed by atoms with Crippen LogP contribution in [0.25, 0.3) is 0 Å². The minimum Gasteiger partial charge on any atom is -0.369 e. The molecule has 3 aromatic rings. The van der Waals surface area contributed by atoms with Gasteiger partial charge in [-0.05, 0) is 30.5 Å². The molecule has 0 N–H and O–H groups in total. The van der Waals surface area contributed by atoms with Crippen molar-refractivity contribution in [1.29, 1.82) is 0 Å². The van der Waals surface area contributed by atoms with Gasteiger partial charge in [0.1, 0.15) is 0 Å². The van der Waals surface area contributed by atoms with Crippen LogP contribution in [0.1, 0.15) is 22.6 Å². The lowest BCUT2D eigenvalue weighted by Gasteiger charge is -2.38. The molecule has 2 fully saturated rings. The predicted octanol–water partition coefficient (Wildman–Crippen LogP) is 4.94. The third-order valence-corrected chi connectivity index (χ3v) is 7.59. The highest BCUT2D eigenvalue weighted by molar-refractivity contribution is 5.46. The van der Waals surface area contributed by atoms with Gasteiger partial charge in [0.25, 0.3) is 5.69 Å². The molecule has 0 unspecified atom stereocenters. The van der Waals surface area contributed by atoms with Gasteiger partial charge >= 0.3 is 0 Å². The van der Waals surface area contributed by atoms with Gasteiger partial charge in [0, 0.05) is 75.6 Å². The van der Waals surface area contributed by atoms with Crippen LogP contribution in [0.15, 0.2) is 78.9 Å². The van der Waals surface area contributed by atoms with Gasteiger partial charge < -0.3 is 4.90 Å². The lowest BCUT2D eigenvalue weighted by atomic mass is 9.88. The van der Waals surface area contributed by atoms with Crippen LogP contribution in [0.5, 0.6) is 0 Å². The molecule has 0 amide bonds. The van der Waals surface area contributed by atoms with Crippen molar-refractivity contribution in [2.45, 2.75) is 19.4 Å². The van der Waals surface area contributed by atoms with Crippen LogP contribution in [0.3, 0.4) is 0 Å². The van der Waals surface area contributed by atoms with E-state index < -0.39 is 0 Å². The van der Waals surface area contributed by atoms with E-state index in [-0.39, 0.29) is 10.6 Å². The van der Waals surface area contributed by atoms with E-state index in [1.165, 1.54) is 16.8 Å². The molecule has 182 valence electrons. The molecular weight excluding hydrogens is 436 g/mol. The maximum absolute atomic E-state index is 11.5. The maximum Gasteiger partial charge on any atom is 0.273 e. The SMILES string of the molecule is Cc1ccc([C@@H]2CN(Cc3ccccc3[N+](=O)[O-])C[C@@H]2CN2CCN(c3ccccc3)CC2)cc1. The Labute approximate surface area is 207 Å². The minimum absolute atomic E-state index is 0.222. The van der Waals surface area contributed by atoms with Crippen LogP contribution in [-0.4, -0.2) is 60.5 Å². The average Bonchev–Trinajstić information content (AvgIpc) is 3.27. The van der Waals surface area contributed by atoms with Gasteiger partial charge in [0.2, 0.25) is 0 Å². The van der Waals surface area contributed by atoms with E-state index >= 15 is 0 Å². The Hall–Kier alpha value is -3.22. The first-order valence-electron chi connectivity index (χ1n) is 12.6. The summed E-state index contributed by atoms with van der Waals surface area (Å²) < 4.78 is 0. The van der Waals surface area contributed by atoms with Crippen molar-refractivity contribution in [2.75, 3.05) is 50.7 Å². The third-order valence-electron chi connectivity index (χ3n) is 7.59. The van der Waals surface area contributed by atoms with Gasteiger partial charge in [0.05, 0.1) is 4.92 Å². The van der Waals surface area contributed by atoms with E-state index in [1.54, 1.807) is 12.1 Å². The highest BCUT2D eigenvalue weighted by Crippen LogP contribution is 2.35. The van der Waals surface area contributed by atoms with Crippen LogP contribution >= 0.6 is 0 Å². The number of likely N-dealkylation sites (tertiary alicyclic amines) is 1. The fourth-order valence-corrected chi connectivity index (χ4v) is 5.69. The number of rotatable bonds is 7. The number of hydrogen-bond donors (Lipinski definition) is 0. The highest BCUT2D eigenvalue weighted by Gasteiger charge is 2.36. The van der Waals surface area contributed by atoms with Gasteiger partial charge in [0.15, 0.2) is 0 Å². The molecule has 0 spiro atoms. The average molecular weight is 471 g/mol. The Kier molecular flexibility index (Phi) is 7.11. The molecule has 6 heteroatoms. The van der Waals surface area contributed by atoms with E-state index in [2.05, 4.69) is 76.2 Å². The number of nitro benzene ring substituents is 1. The monoisotopic (exact) mass is 470 g/mol. The molecule has 3 aromatic carbocycles. The van der Waals surface area contributed by atoms with Crippen LogP contribution < -0.4 is 4.90 Å². The normalized spacial score (nSPS) is 21.3. The number of nitro groups is 1. The Morgan fingerprint density at radius 1 is 0.829 bits per heavy atom. The lowest BCUT2D eigenvalue weighted by molar-refractivity contribution is -0.385. The lowest BCUT2D eigenvalue weighted by Crippen LogP contribution is -2.48. The van der Waals surface area contributed by atoms with Crippen molar-refractivity contribution in [3.05, 3.63) is 106 Å². The number of benzene rings is 3. The van der Waals surface area contributed by atoms with Crippen LogP contribution in [-0.2, 0) is 6.54 Å². The standard InChI is InChI=1S/C29H34N4O2/c1-23-11-13-24(14-12-23)28-22-31(19-25-7-5-6-10-29(25)33(34)35)21-26(28)20-30-15-17-32(18-16-30)27-8-3-2-4-9-27/h2-14,26,28H,15-22H2,1H3/t26-,28-/m0/s1. The molecule has 0 bridgehead atoms. The van der Waals surface area contributed by atoms with E-state index in [0.29, 0.717) is 18.4 Å². The first-order chi connectivity index (χ1) is 17.1. The van der Waals surface area contributed by atoms with Crippen LogP contribution in [0.2, 0.25) is 0 Å². The molecule has 2 aliphatic heterocycles. The second kappa shape index (κ2) is 10.6. The molecule has 0 aliphatic carbocycles. The molecule has 2 atom stereocenters. The zero-order chi connectivity index (χ0) is 24.2. The Morgan fingerprint density at radius 2 is 1.51 bits per heavy atom. The maximum atomic E-state index is 11.5. The molecular formula is C29H34N4O2. The Balaban J connectivity index is 1.28. The number of piperazine rings is 1. The molecule has 2 heterocycles.